The van der Waals surface area contributed by atoms with Gasteiger partial charge in [0.05, 0.1) is 12.1 Å². The maximum absolute atomic E-state index is 12.3. The molecule has 2 rings (SSSR count). The molecule has 1 aliphatic rings. The maximum atomic E-state index is 12.3. The van der Waals surface area contributed by atoms with Crippen LogP contribution in [0.1, 0.15) is 24.8 Å². The molecule has 4 heteroatoms. The van der Waals surface area contributed by atoms with Crippen LogP contribution in [0, 0.1) is 0 Å². The van der Waals surface area contributed by atoms with Crippen molar-refractivity contribution >= 4 is 12.2 Å². The smallest absolute Gasteiger partial charge is 0.240 e. The van der Waals surface area contributed by atoms with Gasteiger partial charge in [-0.05, 0) is 31.2 Å². The van der Waals surface area contributed by atoms with Crippen LogP contribution in [-0.2, 0) is 16.0 Å². The highest BCUT2D eigenvalue weighted by atomic mass is 16.2. The average Bonchev–Trinajstić information content (AvgIpc) is 2.47. The lowest BCUT2D eigenvalue weighted by Crippen LogP contribution is -2.52. The summed E-state index contributed by atoms with van der Waals surface area (Å²) < 4.78 is 0. The standard InChI is InChI=1S/C15H20N2O2/c16-14(10-12-6-2-1-3-7-12)15(19)17-9-5-4-8-13(17)11-18/h1-3,6-7,11,13-14H,4-5,8-10,16H2/t13?,14-/m1/s1. The molecule has 0 saturated carbocycles. The average molecular weight is 260 g/mol. The maximum Gasteiger partial charge on any atom is 0.240 e. The second-order valence-electron chi connectivity index (χ2n) is 5.03. The molecule has 19 heavy (non-hydrogen) atoms. The predicted octanol–water partition coefficient (Wildman–Crippen LogP) is 1.14. The highest BCUT2D eigenvalue weighted by Gasteiger charge is 2.29. The molecule has 0 radical (unpaired) electrons. The van der Waals surface area contributed by atoms with Crippen LogP contribution in [0.25, 0.3) is 0 Å². The van der Waals surface area contributed by atoms with Gasteiger partial charge in [-0.1, -0.05) is 30.3 Å². The number of aldehydes is 1. The van der Waals surface area contributed by atoms with E-state index in [4.69, 9.17) is 5.73 Å². The van der Waals surface area contributed by atoms with E-state index in [-0.39, 0.29) is 11.9 Å². The molecule has 1 amide bonds. The van der Waals surface area contributed by atoms with Gasteiger partial charge in [0.1, 0.15) is 6.29 Å². The van der Waals surface area contributed by atoms with Gasteiger partial charge in [0.25, 0.3) is 0 Å². The zero-order valence-electron chi connectivity index (χ0n) is 11.0. The highest BCUT2D eigenvalue weighted by molar-refractivity contribution is 5.84. The van der Waals surface area contributed by atoms with Crippen molar-refractivity contribution in [2.75, 3.05) is 6.54 Å². The molecule has 4 nitrogen and oxygen atoms in total. The number of hydrogen-bond acceptors (Lipinski definition) is 3. The number of piperidine rings is 1. The molecule has 1 unspecified atom stereocenters. The fourth-order valence-corrected chi connectivity index (χ4v) is 2.54. The number of rotatable bonds is 4. The van der Waals surface area contributed by atoms with Gasteiger partial charge in [0, 0.05) is 6.54 Å². The van der Waals surface area contributed by atoms with Crippen LogP contribution >= 0.6 is 0 Å². The summed E-state index contributed by atoms with van der Waals surface area (Å²) in [7, 11) is 0. The third kappa shape index (κ3) is 3.41. The van der Waals surface area contributed by atoms with Crippen molar-refractivity contribution in [3.8, 4) is 0 Å². The second kappa shape index (κ2) is 6.48. The summed E-state index contributed by atoms with van der Waals surface area (Å²) in [6.07, 6.45) is 4.09. The summed E-state index contributed by atoms with van der Waals surface area (Å²) in [5.41, 5.74) is 7.03. The number of hydrogen-bond donors (Lipinski definition) is 1. The van der Waals surface area contributed by atoms with Gasteiger partial charge < -0.3 is 15.4 Å². The molecule has 2 atom stereocenters. The van der Waals surface area contributed by atoms with Crippen molar-refractivity contribution in [3.63, 3.8) is 0 Å². The fraction of sp³-hybridized carbons (Fsp3) is 0.467. The molecule has 1 heterocycles. The number of carbonyl (C=O) groups excluding carboxylic acids is 2. The largest absolute Gasteiger partial charge is 0.332 e. The topological polar surface area (TPSA) is 63.4 Å². The Labute approximate surface area is 113 Å². The minimum atomic E-state index is -0.567. The van der Waals surface area contributed by atoms with Gasteiger partial charge in [0.2, 0.25) is 5.91 Å². The van der Waals surface area contributed by atoms with Crippen LogP contribution in [-0.4, -0.2) is 35.7 Å². The Morgan fingerprint density at radius 3 is 2.79 bits per heavy atom. The third-order valence-electron chi connectivity index (χ3n) is 3.61. The Balaban J connectivity index is 2.00. The number of carbonyl (C=O) groups is 2. The molecule has 1 aromatic carbocycles. The number of likely N-dealkylation sites (tertiary alicyclic amines) is 1. The Bertz CT molecular complexity index is 433. The predicted molar refractivity (Wildman–Crippen MR) is 73.5 cm³/mol. The van der Waals surface area contributed by atoms with Gasteiger partial charge in [0.15, 0.2) is 0 Å². The lowest BCUT2D eigenvalue weighted by Gasteiger charge is -2.34. The molecular formula is C15H20N2O2. The van der Waals surface area contributed by atoms with Gasteiger partial charge >= 0.3 is 0 Å². The molecule has 102 valence electrons. The summed E-state index contributed by atoms with van der Waals surface area (Å²) in [4.78, 5) is 25.0. The fourth-order valence-electron chi connectivity index (χ4n) is 2.54. The first-order valence-electron chi connectivity index (χ1n) is 6.77. The number of benzene rings is 1. The molecule has 1 aromatic rings. The van der Waals surface area contributed by atoms with E-state index >= 15 is 0 Å². The zero-order chi connectivity index (χ0) is 13.7. The first kappa shape index (κ1) is 13.7. The zero-order valence-corrected chi connectivity index (χ0v) is 11.0. The molecule has 0 spiro atoms. The third-order valence-corrected chi connectivity index (χ3v) is 3.61. The molecule has 1 saturated heterocycles. The first-order valence-corrected chi connectivity index (χ1v) is 6.77. The monoisotopic (exact) mass is 260 g/mol. The lowest BCUT2D eigenvalue weighted by atomic mass is 10.00. The molecular weight excluding hydrogens is 240 g/mol. The van der Waals surface area contributed by atoms with E-state index < -0.39 is 6.04 Å². The first-order chi connectivity index (χ1) is 9.22. The molecule has 2 N–H and O–H groups in total. The van der Waals surface area contributed by atoms with Crippen molar-refractivity contribution < 1.29 is 9.59 Å². The molecule has 0 aliphatic carbocycles. The van der Waals surface area contributed by atoms with E-state index in [1.807, 2.05) is 30.3 Å². The summed E-state index contributed by atoms with van der Waals surface area (Å²) in [5.74, 6) is -0.111. The van der Waals surface area contributed by atoms with Crippen molar-refractivity contribution in [3.05, 3.63) is 35.9 Å². The summed E-state index contributed by atoms with van der Waals surface area (Å²) in [5, 5.41) is 0. The van der Waals surface area contributed by atoms with Crippen molar-refractivity contribution in [1.29, 1.82) is 0 Å². The molecule has 1 aliphatic heterocycles. The highest BCUT2D eigenvalue weighted by Crippen LogP contribution is 2.17. The van der Waals surface area contributed by atoms with Gasteiger partial charge in [-0.25, -0.2) is 0 Å². The number of amides is 1. The van der Waals surface area contributed by atoms with Crippen LogP contribution in [0.5, 0.6) is 0 Å². The Morgan fingerprint density at radius 1 is 1.37 bits per heavy atom. The normalized spacial score (nSPS) is 20.9. The van der Waals surface area contributed by atoms with E-state index in [9.17, 15) is 9.59 Å². The van der Waals surface area contributed by atoms with Crippen molar-refractivity contribution in [2.45, 2.75) is 37.8 Å². The quantitative estimate of drug-likeness (QED) is 0.826. The minimum Gasteiger partial charge on any atom is -0.332 e. The van der Waals surface area contributed by atoms with Gasteiger partial charge in [-0.15, -0.1) is 0 Å². The van der Waals surface area contributed by atoms with Crippen LogP contribution in [0.2, 0.25) is 0 Å². The Hall–Kier alpha value is -1.68. The van der Waals surface area contributed by atoms with E-state index in [0.29, 0.717) is 13.0 Å². The van der Waals surface area contributed by atoms with Crippen LogP contribution in [0.15, 0.2) is 30.3 Å². The van der Waals surface area contributed by atoms with E-state index in [1.54, 1.807) is 4.90 Å². The number of nitrogens with zero attached hydrogens (tertiary/aromatic N) is 1. The Kier molecular flexibility index (Phi) is 4.68. The van der Waals surface area contributed by atoms with Gasteiger partial charge in [-0.3, -0.25) is 4.79 Å². The minimum absolute atomic E-state index is 0.111. The van der Waals surface area contributed by atoms with Crippen LogP contribution in [0.3, 0.4) is 0 Å². The van der Waals surface area contributed by atoms with Crippen molar-refractivity contribution in [1.82, 2.24) is 4.90 Å². The Morgan fingerprint density at radius 2 is 2.11 bits per heavy atom. The second-order valence-corrected chi connectivity index (χ2v) is 5.03. The van der Waals surface area contributed by atoms with Crippen LogP contribution < -0.4 is 5.73 Å². The van der Waals surface area contributed by atoms with E-state index in [0.717, 1.165) is 31.1 Å². The van der Waals surface area contributed by atoms with E-state index in [2.05, 4.69) is 0 Å². The molecule has 0 aromatic heterocycles. The van der Waals surface area contributed by atoms with Gasteiger partial charge in [-0.2, -0.15) is 0 Å². The number of nitrogens with two attached hydrogens (primary N) is 1. The summed E-state index contributed by atoms with van der Waals surface area (Å²) >= 11 is 0. The molecule has 0 bridgehead atoms. The van der Waals surface area contributed by atoms with Crippen molar-refractivity contribution in [2.24, 2.45) is 5.73 Å². The molecule has 1 fully saturated rings. The summed E-state index contributed by atoms with van der Waals surface area (Å²) in [6, 6.07) is 8.86. The SMILES string of the molecule is N[C@H](Cc1ccccc1)C(=O)N1CCCCC1C=O. The summed E-state index contributed by atoms with van der Waals surface area (Å²) in [6.45, 7) is 0.644. The lowest BCUT2D eigenvalue weighted by molar-refractivity contribution is -0.139. The van der Waals surface area contributed by atoms with E-state index in [1.165, 1.54) is 0 Å². The van der Waals surface area contributed by atoms with Crippen LogP contribution in [0.4, 0.5) is 0 Å².